The van der Waals surface area contributed by atoms with Crippen LogP contribution in [0.15, 0.2) is 144 Å². The van der Waals surface area contributed by atoms with E-state index in [1.165, 1.54) is 98.9 Å². The maximum atomic E-state index is 7.75. The van der Waals surface area contributed by atoms with Gasteiger partial charge in [-0.25, -0.2) is 0 Å². The van der Waals surface area contributed by atoms with Crippen molar-refractivity contribution in [3.05, 3.63) is 188 Å². The van der Waals surface area contributed by atoms with E-state index in [-0.39, 0.29) is 28.4 Å². The van der Waals surface area contributed by atoms with E-state index in [0.717, 1.165) is 33.7 Å². The van der Waals surface area contributed by atoms with E-state index in [9.17, 15) is 0 Å². The third-order valence-electron chi connectivity index (χ3n) is 16.3. The highest BCUT2D eigenvalue weighted by molar-refractivity contribution is 7.12. The van der Waals surface area contributed by atoms with Crippen LogP contribution >= 0.6 is 11.3 Å². The number of pyridine rings is 1. The van der Waals surface area contributed by atoms with Gasteiger partial charge in [0.15, 0.2) is 0 Å². The number of thiophene rings is 1. The highest BCUT2D eigenvalue weighted by Crippen LogP contribution is 2.65. The summed E-state index contributed by atoms with van der Waals surface area (Å²) in [6.45, 7) is 29.9. The molecule has 4 nitrogen and oxygen atoms in total. The second kappa shape index (κ2) is 14.5. The van der Waals surface area contributed by atoms with E-state index in [1.807, 2.05) is 17.5 Å². The highest BCUT2D eigenvalue weighted by atomic mass is 32.1. The average molecular weight is 944 g/mol. The molecule has 3 aromatic heterocycles. The molecule has 71 heavy (non-hydrogen) atoms. The highest BCUT2D eigenvalue weighted by Gasteiger charge is 2.54. The Balaban J connectivity index is 1.15. The maximum Gasteiger partial charge on any atom is 0.297 e. The molecule has 1 unspecified atom stereocenters. The quantitative estimate of drug-likeness (QED) is 0.162. The Hall–Kier alpha value is -6.63. The van der Waals surface area contributed by atoms with E-state index in [0.29, 0.717) is 0 Å². The number of fused-ring (bicyclic) bond motifs is 16. The number of hydrogen-bond acceptors (Lipinski definition) is 5. The number of anilines is 6. The predicted octanol–water partition coefficient (Wildman–Crippen LogP) is 15.8. The Bertz CT molecular complexity index is 3710. The van der Waals surface area contributed by atoms with Crippen LogP contribution in [0.5, 0.6) is 0 Å². The molecule has 352 valence electrons. The summed E-state index contributed by atoms with van der Waals surface area (Å²) >= 11 is 1.92. The molecule has 1 atom stereocenters. The van der Waals surface area contributed by atoms with Crippen LogP contribution < -0.4 is 26.4 Å². The molecule has 6 aromatic carbocycles. The van der Waals surface area contributed by atoms with Gasteiger partial charge in [0, 0.05) is 56.0 Å². The summed E-state index contributed by atoms with van der Waals surface area (Å²) in [6.07, 6.45) is 4.08. The minimum absolute atomic E-state index is 0.00223. The molecule has 0 saturated carbocycles. The van der Waals surface area contributed by atoms with Crippen LogP contribution in [0.3, 0.4) is 0 Å². The number of aryl methyl sites for hydroxylation is 1. The summed E-state index contributed by atoms with van der Waals surface area (Å²) in [5.74, 6) is 0. The second-order valence-electron chi connectivity index (χ2n) is 24.9. The average Bonchev–Trinajstić information content (AvgIpc) is 4.04. The van der Waals surface area contributed by atoms with Gasteiger partial charge in [0.25, 0.3) is 6.71 Å². The van der Waals surface area contributed by atoms with E-state index < -0.39 is 5.41 Å². The minimum atomic E-state index is -0.505. The second-order valence-corrected chi connectivity index (χ2v) is 26.2. The van der Waals surface area contributed by atoms with Gasteiger partial charge in [0.05, 0.1) is 16.8 Å². The van der Waals surface area contributed by atoms with Gasteiger partial charge in [-0.05, 0) is 167 Å². The van der Waals surface area contributed by atoms with Crippen molar-refractivity contribution in [3.8, 4) is 22.3 Å². The molecule has 0 bridgehead atoms. The fourth-order valence-electron chi connectivity index (χ4n) is 12.5. The van der Waals surface area contributed by atoms with E-state index in [1.54, 1.807) is 0 Å². The topological polar surface area (TPSA) is 32.5 Å². The molecule has 6 heteroatoms. The molecule has 0 amide bonds. The van der Waals surface area contributed by atoms with Crippen molar-refractivity contribution in [2.75, 3.05) is 9.80 Å². The molecule has 4 aliphatic rings. The maximum absolute atomic E-state index is 7.75. The lowest BCUT2D eigenvalue weighted by atomic mass is 9.35. The van der Waals surface area contributed by atoms with Gasteiger partial charge in [-0.2, -0.15) is 0 Å². The van der Waals surface area contributed by atoms with Crippen molar-refractivity contribution in [3.63, 3.8) is 0 Å². The Kier molecular flexibility index (Phi) is 9.06. The van der Waals surface area contributed by atoms with Crippen molar-refractivity contribution >= 4 is 79.7 Å². The summed E-state index contributed by atoms with van der Waals surface area (Å²) in [5, 5.41) is 1.12. The van der Waals surface area contributed by atoms with Crippen molar-refractivity contribution in [2.45, 2.75) is 117 Å². The van der Waals surface area contributed by atoms with Gasteiger partial charge in [-0.15, -0.1) is 11.3 Å². The van der Waals surface area contributed by atoms with Gasteiger partial charge in [-0.3, -0.25) is 4.98 Å². The third kappa shape index (κ3) is 6.19. The minimum Gasteiger partial charge on any atom is -0.468 e. The SMILES string of the molecule is Cc1cc2c(s1)C1(c3ccccc3-c3cc4c5c(oc4cc31)B1c3ccc(C(C)(C)C)cc3N(c3ccc(C(C)(C)C)cc3)c3cc(C(C)(C)C)cc(c31)N5c1ccc(C(C)(C)C)cc1)c1cnccc1-2. The molecule has 5 heterocycles. The van der Waals surface area contributed by atoms with Crippen molar-refractivity contribution < 1.29 is 4.42 Å². The van der Waals surface area contributed by atoms with Crippen LogP contribution in [-0.4, -0.2) is 11.7 Å². The lowest BCUT2D eigenvalue weighted by Crippen LogP contribution is -2.61. The summed E-state index contributed by atoms with van der Waals surface area (Å²) in [6, 6.07) is 49.6. The first-order valence-electron chi connectivity index (χ1n) is 25.5. The lowest BCUT2D eigenvalue weighted by Gasteiger charge is -2.44. The van der Waals surface area contributed by atoms with Crippen LogP contribution in [0, 0.1) is 6.92 Å². The van der Waals surface area contributed by atoms with Gasteiger partial charge >= 0.3 is 0 Å². The van der Waals surface area contributed by atoms with E-state index in [4.69, 9.17) is 9.40 Å². The zero-order chi connectivity index (χ0) is 49.5. The number of benzene rings is 6. The molecule has 0 N–H and O–H groups in total. The van der Waals surface area contributed by atoms with Crippen LogP contribution in [-0.2, 0) is 27.1 Å². The Morgan fingerprint density at radius 2 is 1.10 bits per heavy atom. The zero-order valence-corrected chi connectivity index (χ0v) is 44.3. The van der Waals surface area contributed by atoms with Crippen LogP contribution in [0.1, 0.15) is 132 Å². The van der Waals surface area contributed by atoms with E-state index >= 15 is 0 Å². The molecule has 2 aliphatic carbocycles. The molecule has 13 rings (SSSR count). The Labute approximate surface area is 424 Å². The third-order valence-corrected chi connectivity index (χ3v) is 17.4. The number of aromatic nitrogens is 1. The Morgan fingerprint density at radius 1 is 0.521 bits per heavy atom. The summed E-state index contributed by atoms with van der Waals surface area (Å²) < 4.78 is 7.75. The largest absolute Gasteiger partial charge is 0.468 e. The van der Waals surface area contributed by atoms with E-state index in [2.05, 4.69) is 233 Å². The smallest absolute Gasteiger partial charge is 0.297 e. The number of hydrogen-bond donors (Lipinski definition) is 0. The molecule has 0 fully saturated rings. The molecule has 1 spiro atoms. The monoisotopic (exact) mass is 943 g/mol. The van der Waals surface area contributed by atoms with Crippen LogP contribution in [0.4, 0.5) is 34.1 Å². The summed E-state index contributed by atoms with van der Waals surface area (Å²) in [4.78, 5) is 12.6. The van der Waals surface area contributed by atoms with Crippen molar-refractivity contribution in [1.82, 2.24) is 4.98 Å². The van der Waals surface area contributed by atoms with Crippen molar-refractivity contribution in [2.24, 2.45) is 0 Å². The van der Waals surface area contributed by atoms with Gasteiger partial charge in [0.1, 0.15) is 5.58 Å². The number of rotatable bonds is 2. The Morgan fingerprint density at radius 3 is 1.75 bits per heavy atom. The molecular formula is C65H62BN3OS. The van der Waals surface area contributed by atoms with Gasteiger partial charge in [-0.1, -0.05) is 144 Å². The number of furan rings is 1. The predicted molar refractivity (Wildman–Crippen MR) is 302 cm³/mol. The fraction of sp³-hybridized carbons (Fsp3) is 0.277. The first-order valence-corrected chi connectivity index (χ1v) is 26.4. The number of nitrogens with zero attached hydrogens (tertiary/aromatic N) is 3. The summed E-state index contributed by atoms with van der Waals surface area (Å²) in [7, 11) is 0. The van der Waals surface area contributed by atoms with Crippen molar-refractivity contribution in [1.29, 1.82) is 0 Å². The normalized spacial score (nSPS) is 16.5. The lowest BCUT2D eigenvalue weighted by molar-refractivity contribution is 0.589. The first kappa shape index (κ1) is 44.3. The molecular weight excluding hydrogens is 882 g/mol. The van der Waals surface area contributed by atoms with Gasteiger partial charge in [0.2, 0.25) is 0 Å². The van der Waals surface area contributed by atoms with Crippen LogP contribution in [0.25, 0.3) is 33.2 Å². The molecule has 9 aromatic rings. The van der Waals surface area contributed by atoms with Gasteiger partial charge < -0.3 is 14.2 Å². The fourth-order valence-corrected chi connectivity index (χ4v) is 13.8. The van der Waals surface area contributed by atoms with Crippen LogP contribution in [0.2, 0.25) is 0 Å². The molecule has 2 aliphatic heterocycles. The molecule has 0 saturated heterocycles. The standard InChI is InChI=1S/C65H62BN3OS/c1-37-30-47-45-28-29-67-36-51(45)65(59(47)71-37)49-17-15-14-16-44(49)46-34-48-56(35-50(46)65)70-60-58(48)69(43-25-20-39(21-26-43)62(5,6)7)55-33-41(64(11,12)13)32-54-57(55)66(60)52-27-22-40(63(8,9)10)31-53(52)68(54)42-23-18-38(19-24-42)61(2,3)4/h14-36H,1-13H3. The first-order chi connectivity index (χ1) is 33.6. The molecule has 0 radical (unpaired) electrons. The zero-order valence-electron chi connectivity index (χ0n) is 43.5. The summed E-state index contributed by atoms with van der Waals surface area (Å²) in [5.41, 5.74) is 24.9.